The SMILES string of the molecule is CC(=O)c1ccc(N=[N])cc1. The molecule has 0 unspecified atom stereocenters. The summed E-state index contributed by atoms with van der Waals surface area (Å²) in [6, 6.07) is 6.40. The van der Waals surface area contributed by atoms with E-state index in [1.165, 1.54) is 6.92 Å². The Kier molecular flexibility index (Phi) is 2.11. The molecule has 55 valence electrons. The van der Waals surface area contributed by atoms with Crippen molar-refractivity contribution in [2.24, 2.45) is 5.11 Å². The average molecular weight is 147 g/mol. The van der Waals surface area contributed by atoms with Gasteiger partial charge >= 0.3 is 0 Å². The minimum absolute atomic E-state index is 0.00879. The van der Waals surface area contributed by atoms with Crippen LogP contribution in [0.25, 0.3) is 0 Å². The zero-order valence-electron chi connectivity index (χ0n) is 6.11. The molecule has 0 heterocycles. The zero-order valence-corrected chi connectivity index (χ0v) is 6.11. The average Bonchev–Trinajstić information content (AvgIpc) is 2.05. The van der Waals surface area contributed by atoms with E-state index in [0.717, 1.165) is 0 Å². The second-order valence-electron chi connectivity index (χ2n) is 2.20. The summed E-state index contributed by atoms with van der Waals surface area (Å²) in [6.45, 7) is 1.49. The summed E-state index contributed by atoms with van der Waals surface area (Å²) in [5.41, 5.74) is 9.38. The maximum absolute atomic E-state index is 10.8. The molecule has 1 radical (unpaired) electrons. The number of carbonyl (C=O) groups is 1. The van der Waals surface area contributed by atoms with Gasteiger partial charge in [-0.05, 0) is 36.7 Å². The number of carbonyl (C=O) groups excluding carboxylic acids is 1. The molecule has 0 N–H and O–H groups in total. The molecule has 0 bridgehead atoms. The minimum Gasteiger partial charge on any atom is -0.295 e. The third kappa shape index (κ3) is 1.70. The standard InChI is InChI=1S/C8H7N2O/c1-6(11)7-2-4-8(10-9)5-3-7/h2-5H,1H3. The van der Waals surface area contributed by atoms with Crippen LogP contribution in [0.1, 0.15) is 17.3 Å². The molecule has 0 spiro atoms. The number of Topliss-reactive ketones (excluding diaryl/α,β-unsaturated/α-hetero) is 1. The molecule has 0 aliphatic rings. The molecule has 0 fully saturated rings. The Hall–Kier alpha value is -1.51. The summed E-state index contributed by atoms with van der Waals surface area (Å²) in [5, 5.41) is 2.96. The van der Waals surface area contributed by atoms with Gasteiger partial charge < -0.3 is 0 Å². The molecule has 0 amide bonds. The van der Waals surface area contributed by atoms with Crippen LogP contribution in [-0.4, -0.2) is 5.78 Å². The van der Waals surface area contributed by atoms with E-state index in [4.69, 9.17) is 5.53 Å². The van der Waals surface area contributed by atoms with Crippen molar-refractivity contribution in [3.63, 3.8) is 0 Å². The Bertz CT molecular complexity index is 277. The lowest BCUT2D eigenvalue weighted by Gasteiger charge is -1.93. The first-order valence-corrected chi connectivity index (χ1v) is 3.20. The predicted octanol–water partition coefficient (Wildman–Crippen LogP) is 1.77. The van der Waals surface area contributed by atoms with Crippen LogP contribution in [0, 0.1) is 0 Å². The van der Waals surface area contributed by atoms with Crippen molar-refractivity contribution in [3.8, 4) is 0 Å². The molecule has 3 nitrogen and oxygen atoms in total. The van der Waals surface area contributed by atoms with Gasteiger partial charge in [0.05, 0.1) is 5.69 Å². The second kappa shape index (κ2) is 3.05. The molecule has 0 atom stereocenters. The molecule has 3 heteroatoms. The van der Waals surface area contributed by atoms with Gasteiger partial charge in [-0.2, -0.15) is 0 Å². The number of benzene rings is 1. The van der Waals surface area contributed by atoms with Crippen molar-refractivity contribution in [3.05, 3.63) is 29.8 Å². The highest BCUT2D eigenvalue weighted by molar-refractivity contribution is 5.94. The largest absolute Gasteiger partial charge is 0.295 e. The van der Waals surface area contributed by atoms with E-state index in [1.54, 1.807) is 24.3 Å². The third-order valence-corrected chi connectivity index (χ3v) is 1.39. The summed E-state index contributed by atoms with van der Waals surface area (Å²) in [6.07, 6.45) is 0. The van der Waals surface area contributed by atoms with Crippen molar-refractivity contribution >= 4 is 11.5 Å². The first-order valence-electron chi connectivity index (χ1n) is 3.20. The van der Waals surface area contributed by atoms with Crippen LogP contribution >= 0.6 is 0 Å². The topological polar surface area (TPSA) is 51.7 Å². The maximum Gasteiger partial charge on any atom is 0.159 e. The Morgan fingerprint density at radius 1 is 1.36 bits per heavy atom. The smallest absolute Gasteiger partial charge is 0.159 e. The Labute approximate surface area is 64.6 Å². The van der Waals surface area contributed by atoms with Gasteiger partial charge in [0.15, 0.2) is 5.78 Å². The lowest BCUT2D eigenvalue weighted by atomic mass is 10.1. The van der Waals surface area contributed by atoms with Crippen molar-refractivity contribution in [2.45, 2.75) is 6.92 Å². The van der Waals surface area contributed by atoms with E-state index in [1.807, 2.05) is 0 Å². The van der Waals surface area contributed by atoms with Crippen molar-refractivity contribution in [1.82, 2.24) is 5.53 Å². The number of hydrogen-bond donors (Lipinski definition) is 0. The van der Waals surface area contributed by atoms with Crippen LogP contribution < -0.4 is 5.53 Å². The lowest BCUT2D eigenvalue weighted by Crippen LogP contribution is -1.89. The molecule has 0 saturated carbocycles. The summed E-state index contributed by atoms with van der Waals surface area (Å²) < 4.78 is 0. The highest BCUT2D eigenvalue weighted by Gasteiger charge is 1.96. The van der Waals surface area contributed by atoms with Crippen LogP contribution in [-0.2, 0) is 0 Å². The Morgan fingerprint density at radius 2 is 1.91 bits per heavy atom. The first kappa shape index (κ1) is 7.60. The zero-order chi connectivity index (χ0) is 8.27. The molecular weight excluding hydrogens is 140 g/mol. The minimum atomic E-state index is 0.00879. The number of hydrogen-bond acceptors (Lipinski definition) is 2. The van der Waals surface area contributed by atoms with Crippen LogP contribution in [0.5, 0.6) is 0 Å². The van der Waals surface area contributed by atoms with E-state index >= 15 is 0 Å². The molecule has 0 aliphatic heterocycles. The molecule has 1 aromatic rings. The summed E-state index contributed by atoms with van der Waals surface area (Å²) in [5.74, 6) is 0.00879. The molecule has 1 aromatic carbocycles. The summed E-state index contributed by atoms with van der Waals surface area (Å²) in [4.78, 5) is 10.8. The molecule has 0 aliphatic carbocycles. The number of rotatable bonds is 2. The molecular formula is C8H7N2O. The second-order valence-corrected chi connectivity index (χ2v) is 2.20. The van der Waals surface area contributed by atoms with Crippen LogP contribution in [0.15, 0.2) is 29.4 Å². The lowest BCUT2D eigenvalue weighted by molar-refractivity contribution is 0.101. The summed E-state index contributed by atoms with van der Waals surface area (Å²) >= 11 is 0. The summed E-state index contributed by atoms with van der Waals surface area (Å²) in [7, 11) is 0. The van der Waals surface area contributed by atoms with Gasteiger partial charge in [0.2, 0.25) is 0 Å². The van der Waals surface area contributed by atoms with E-state index in [2.05, 4.69) is 5.11 Å². The fourth-order valence-corrected chi connectivity index (χ4v) is 0.763. The van der Waals surface area contributed by atoms with Crippen molar-refractivity contribution < 1.29 is 4.79 Å². The Morgan fingerprint density at radius 3 is 2.27 bits per heavy atom. The van der Waals surface area contributed by atoms with Gasteiger partial charge in [-0.15, -0.1) is 5.11 Å². The van der Waals surface area contributed by atoms with Crippen molar-refractivity contribution in [2.75, 3.05) is 0 Å². The van der Waals surface area contributed by atoms with Gasteiger partial charge in [-0.25, -0.2) is 0 Å². The first-order chi connectivity index (χ1) is 5.24. The highest BCUT2D eigenvalue weighted by Crippen LogP contribution is 2.11. The predicted molar refractivity (Wildman–Crippen MR) is 40.7 cm³/mol. The maximum atomic E-state index is 10.8. The van der Waals surface area contributed by atoms with Gasteiger partial charge in [-0.3, -0.25) is 4.79 Å². The third-order valence-electron chi connectivity index (χ3n) is 1.39. The van der Waals surface area contributed by atoms with Gasteiger partial charge in [-0.1, -0.05) is 0 Å². The quantitative estimate of drug-likeness (QED) is 0.464. The Balaban J connectivity index is 3.00. The van der Waals surface area contributed by atoms with E-state index in [-0.39, 0.29) is 5.78 Å². The van der Waals surface area contributed by atoms with Crippen molar-refractivity contribution in [1.29, 1.82) is 0 Å². The van der Waals surface area contributed by atoms with Gasteiger partial charge in [0.25, 0.3) is 0 Å². The molecule has 11 heavy (non-hydrogen) atoms. The number of ketones is 1. The fourth-order valence-electron chi connectivity index (χ4n) is 0.763. The van der Waals surface area contributed by atoms with E-state index < -0.39 is 0 Å². The molecule has 0 aromatic heterocycles. The van der Waals surface area contributed by atoms with Crippen LogP contribution in [0.3, 0.4) is 0 Å². The van der Waals surface area contributed by atoms with Crippen LogP contribution in [0.4, 0.5) is 5.69 Å². The van der Waals surface area contributed by atoms with Gasteiger partial charge in [0.1, 0.15) is 0 Å². The van der Waals surface area contributed by atoms with Gasteiger partial charge in [0, 0.05) is 5.56 Å². The highest BCUT2D eigenvalue weighted by atomic mass is 16.1. The van der Waals surface area contributed by atoms with Crippen LogP contribution in [0.2, 0.25) is 0 Å². The fraction of sp³-hybridized carbons (Fsp3) is 0.125. The molecule has 0 saturated heterocycles. The van der Waals surface area contributed by atoms with E-state index in [9.17, 15) is 4.79 Å². The normalized spacial score (nSPS) is 9.18. The monoisotopic (exact) mass is 147 g/mol. The van der Waals surface area contributed by atoms with E-state index in [0.29, 0.717) is 11.3 Å². The molecule has 1 rings (SSSR count). The number of nitrogens with zero attached hydrogens (tertiary/aromatic N) is 2.